The Hall–Kier alpha value is -1.42. The van der Waals surface area contributed by atoms with E-state index in [-0.39, 0.29) is 5.82 Å². The molecule has 2 aromatic rings. The molecule has 0 aliphatic heterocycles. The lowest BCUT2D eigenvalue weighted by molar-refractivity contribution is 0.181. The normalized spacial score (nSPS) is 15.1. The standard InChI is InChI=1S/C17H20FNOS/c1-2-4-13-16(20-10-11-5-3-6-11)14-9-12(18)7-8-15(14)19-17(13)21/h7-9,11H,2-6,10H2,1H3,(H,19,21). The van der Waals surface area contributed by atoms with Crippen LogP contribution in [-0.4, -0.2) is 11.6 Å². The van der Waals surface area contributed by atoms with Gasteiger partial charge < -0.3 is 9.72 Å². The van der Waals surface area contributed by atoms with Gasteiger partial charge in [0.1, 0.15) is 16.2 Å². The van der Waals surface area contributed by atoms with Crippen LogP contribution >= 0.6 is 12.2 Å². The molecular weight excluding hydrogens is 285 g/mol. The molecule has 4 heteroatoms. The number of fused-ring (bicyclic) bond motifs is 1. The number of aromatic amines is 1. The Labute approximate surface area is 129 Å². The van der Waals surface area contributed by atoms with Gasteiger partial charge >= 0.3 is 0 Å². The Balaban J connectivity index is 2.07. The number of hydrogen-bond donors (Lipinski definition) is 1. The van der Waals surface area contributed by atoms with Gasteiger partial charge in [0, 0.05) is 10.9 Å². The zero-order valence-corrected chi connectivity index (χ0v) is 13.1. The van der Waals surface area contributed by atoms with Crippen LogP contribution in [0.2, 0.25) is 0 Å². The van der Waals surface area contributed by atoms with E-state index in [0.717, 1.165) is 35.1 Å². The topological polar surface area (TPSA) is 25.0 Å². The van der Waals surface area contributed by atoms with Gasteiger partial charge in [0.15, 0.2) is 0 Å². The largest absolute Gasteiger partial charge is 0.492 e. The molecule has 0 amide bonds. The summed E-state index contributed by atoms with van der Waals surface area (Å²) in [5.41, 5.74) is 1.84. The van der Waals surface area contributed by atoms with Crippen molar-refractivity contribution in [3.8, 4) is 5.75 Å². The number of benzene rings is 1. The summed E-state index contributed by atoms with van der Waals surface area (Å²) in [5, 5.41) is 0.798. The molecule has 1 aromatic carbocycles. The van der Waals surface area contributed by atoms with Gasteiger partial charge in [0.25, 0.3) is 0 Å². The Kier molecular flexibility index (Phi) is 4.24. The minimum Gasteiger partial charge on any atom is -0.492 e. The lowest BCUT2D eigenvalue weighted by Crippen LogP contribution is -2.20. The first-order chi connectivity index (χ1) is 10.2. The van der Waals surface area contributed by atoms with Crippen LogP contribution in [0.1, 0.15) is 38.2 Å². The second-order valence-electron chi connectivity index (χ2n) is 5.81. The van der Waals surface area contributed by atoms with E-state index in [9.17, 15) is 4.39 Å². The predicted octanol–water partition coefficient (Wildman–Crippen LogP) is 5.17. The van der Waals surface area contributed by atoms with Gasteiger partial charge in [-0.05, 0) is 43.4 Å². The third kappa shape index (κ3) is 2.95. The molecule has 0 bridgehead atoms. The Morgan fingerprint density at radius 1 is 1.38 bits per heavy atom. The molecule has 1 aliphatic carbocycles. The smallest absolute Gasteiger partial charge is 0.134 e. The fourth-order valence-electron chi connectivity index (χ4n) is 2.78. The number of aromatic nitrogens is 1. The van der Waals surface area contributed by atoms with E-state index in [0.29, 0.717) is 17.2 Å². The Bertz CT molecular complexity index is 706. The first-order valence-corrected chi connectivity index (χ1v) is 8.07. The highest BCUT2D eigenvalue weighted by Gasteiger charge is 2.20. The average Bonchev–Trinajstić information content (AvgIpc) is 2.41. The van der Waals surface area contributed by atoms with Crippen LogP contribution in [-0.2, 0) is 6.42 Å². The highest BCUT2D eigenvalue weighted by atomic mass is 32.1. The summed E-state index contributed by atoms with van der Waals surface area (Å²) in [5.74, 6) is 1.17. The van der Waals surface area contributed by atoms with Crippen LogP contribution in [0, 0.1) is 16.4 Å². The first-order valence-electron chi connectivity index (χ1n) is 7.66. The molecule has 1 saturated carbocycles. The van der Waals surface area contributed by atoms with Gasteiger partial charge in [-0.2, -0.15) is 0 Å². The van der Waals surface area contributed by atoms with Crippen LogP contribution in [0.15, 0.2) is 18.2 Å². The minimum absolute atomic E-state index is 0.246. The van der Waals surface area contributed by atoms with Crippen molar-refractivity contribution < 1.29 is 9.13 Å². The number of rotatable bonds is 5. The summed E-state index contributed by atoms with van der Waals surface area (Å²) in [6.07, 6.45) is 5.59. The van der Waals surface area contributed by atoms with Crippen LogP contribution in [0.25, 0.3) is 10.9 Å². The zero-order valence-electron chi connectivity index (χ0n) is 12.2. The minimum atomic E-state index is -0.246. The molecule has 1 aromatic heterocycles. The second-order valence-corrected chi connectivity index (χ2v) is 6.22. The lowest BCUT2D eigenvalue weighted by Gasteiger charge is -2.26. The Morgan fingerprint density at radius 3 is 2.86 bits per heavy atom. The SMILES string of the molecule is CCCc1c(OCC2CCC2)c2cc(F)ccc2[nH]c1=S. The van der Waals surface area contributed by atoms with Gasteiger partial charge in [0.2, 0.25) is 0 Å². The molecule has 2 nitrogen and oxygen atoms in total. The van der Waals surface area contributed by atoms with Crippen molar-refractivity contribution in [2.24, 2.45) is 5.92 Å². The molecule has 0 radical (unpaired) electrons. The number of hydrogen-bond acceptors (Lipinski definition) is 2. The summed E-state index contributed by atoms with van der Waals surface area (Å²) in [7, 11) is 0. The third-order valence-corrected chi connectivity index (χ3v) is 4.56. The van der Waals surface area contributed by atoms with E-state index in [1.807, 2.05) is 0 Å². The van der Waals surface area contributed by atoms with Crippen LogP contribution in [0.3, 0.4) is 0 Å². The van der Waals surface area contributed by atoms with Gasteiger partial charge in [0.05, 0.1) is 12.1 Å². The average molecular weight is 305 g/mol. The van der Waals surface area contributed by atoms with Crippen molar-refractivity contribution >= 4 is 23.1 Å². The second kappa shape index (κ2) is 6.14. The number of nitrogens with one attached hydrogen (secondary N) is 1. The highest BCUT2D eigenvalue weighted by Crippen LogP contribution is 2.33. The molecule has 1 N–H and O–H groups in total. The van der Waals surface area contributed by atoms with Crippen LogP contribution in [0.4, 0.5) is 4.39 Å². The zero-order chi connectivity index (χ0) is 14.8. The summed E-state index contributed by atoms with van der Waals surface area (Å²) < 4.78 is 20.4. The quantitative estimate of drug-likeness (QED) is 0.771. The molecule has 0 spiro atoms. The van der Waals surface area contributed by atoms with E-state index in [1.54, 1.807) is 6.07 Å². The summed E-state index contributed by atoms with van der Waals surface area (Å²) in [6, 6.07) is 4.71. The van der Waals surface area contributed by atoms with Gasteiger partial charge in [-0.3, -0.25) is 0 Å². The fourth-order valence-corrected chi connectivity index (χ4v) is 3.08. The summed E-state index contributed by atoms with van der Waals surface area (Å²) in [6.45, 7) is 2.82. The molecule has 0 saturated heterocycles. The summed E-state index contributed by atoms with van der Waals surface area (Å²) >= 11 is 5.46. The van der Waals surface area contributed by atoms with Crippen molar-refractivity contribution in [3.05, 3.63) is 34.2 Å². The number of H-pyrrole nitrogens is 1. The lowest BCUT2D eigenvalue weighted by atomic mass is 9.86. The monoisotopic (exact) mass is 305 g/mol. The van der Waals surface area contributed by atoms with Gasteiger partial charge in [-0.25, -0.2) is 4.39 Å². The van der Waals surface area contributed by atoms with Crippen molar-refractivity contribution in [1.29, 1.82) is 0 Å². The number of pyridine rings is 1. The number of halogens is 1. The van der Waals surface area contributed by atoms with E-state index in [2.05, 4.69) is 11.9 Å². The van der Waals surface area contributed by atoms with Crippen molar-refractivity contribution in [1.82, 2.24) is 4.98 Å². The van der Waals surface area contributed by atoms with Gasteiger partial charge in [-0.1, -0.05) is 32.0 Å². The molecule has 1 fully saturated rings. The maximum Gasteiger partial charge on any atom is 0.134 e. The van der Waals surface area contributed by atoms with Crippen molar-refractivity contribution in [2.75, 3.05) is 6.61 Å². The maximum absolute atomic E-state index is 13.6. The Morgan fingerprint density at radius 2 is 2.19 bits per heavy atom. The molecule has 112 valence electrons. The molecule has 0 unspecified atom stereocenters. The van der Waals surface area contributed by atoms with Crippen molar-refractivity contribution in [2.45, 2.75) is 39.0 Å². The molecule has 0 atom stereocenters. The fraction of sp³-hybridized carbons (Fsp3) is 0.471. The van der Waals surface area contributed by atoms with E-state index >= 15 is 0 Å². The highest BCUT2D eigenvalue weighted by molar-refractivity contribution is 7.71. The first kappa shape index (κ1) is 14.5. The van der Waals surface area contributed by atoms with Crippen LogP contribution in [0.5, 0.6) is 5.75 Å². The predicted molar refractivity (Wildman–Crippen MR) is 85.9 cm³/mol. The van der Waals surface area contributed by atoms with E-state index in [4.69, 9.17) is 17.0 Å². The van der Waals surface area contributed by atoms with E-state index in [1.165, 1.54) is 31.4 Å². The maximum atomic E-state index is 13.6. The molecule has 3 rings (SSSR count). The van der Waals surface area contributed by atoms with Crippen molar-refractivity contribution in [3.63, 3.8) is 0 Å². The third-order valence-electron chi connectivity index (χ3n) is 4.21. The molecule has 1 heterocycles. The van der Waals surface area contributed by atoms with E-state index < -0.39 is 0 Å². The number of ether oxygens (including phenoxy) is 1. The van der Waals surface area contributed by atoms with Gasteiger partial charge in [-0.15, -0.1) is 0 Å². The molecule has 21 heavy (non-hydrogen) atoms. The van der Waals surface area contributed by atoms with Crippen LogP contribution < -0.4 is 4.74 Å². The molecular formula is C17H20FNOS. The summed E-state index contributed by atoms with van der Waals surface area (Å²) in [4.78, 5) is 3.19. The molecule has 1 aliphatic rings.